The number of sulfonamides is 1. The average molecular weight is 442 g/mol. The summed E-state index contributed by atoms with van der Waals surface area (Å²) < 4.78 is 38.6. The fourth-order valence-electron chi connectivity index (χ4n) is 4.16. The first-order valence-electron chi connectivity index (χ1n) is 11.1. The van der Waals surface area contributed by atoms with E-state index in [4.69, 9.17) is 9.26 Å². The number of unbranched alkanes of at least 4 members (excludes halogenated alkanes) is 3. The van der Waals surface area contributed by atoms with Gasteiger partial charge in [0.1, 0.15) is 10.6 Å². The zero-order valence-corrected chi connectivity index (χ0v) is 19.9. The highest BCUT2D eigenvalue weighted by molar-refractivity contribution is 7.89. The molecule has 2 rings (SSSR count). The summed E-state index contributed by atoms with van der Waals surface area (Å²) in [6.45, 7) is 9.93. The first-order chi connectivity index (χ1) is 14.3. The Bertz CT molecular complexity index is 735. The Labute approximate surface area is 182 Å². The van der Waals surface area contributed by atoms with Gasteiger partial charge in [0.15, 0.2) is 5.76 Å². The third-order valence-corrected chi connectivity index (χ3v) is 8.15. The summed E-state index contributed by atoms with van der Waals surface area (Å²) in [6.07, 6.45) is 10.3. The number of aryl methyl sites for hydroxylation is 2. The van der Waals surface area contributed by atoms with Crippen molar-refractivity contribution in [3.63, 3.8) is 0 Å². The Morgan fingerprint density at radius 2 is 1.80 bits per heavy atom. The highest BCUT2D eigenvalue weighted by Crippen LogP contribution is 2.30. The molecule has 1 saturated carbocycles. The van der Waals surface area contributed by atoms with Crippen molar-refractivity contribution in [3.8, 4) is 0 Å². The molecule has 7 nitrogen and oxygen atoms in total. The van der Waals surface area contributed by atoms with Crippen molar-refractivity contribution in [1.29, 1.82) is 0 Å². The van der Waals surface area contributed by atoms with Gasteiger partial charge in [-0.25, -0.2) is 8.42 Å². The summed E-state index contributed by atoms with van der Waals surface area (Å²) in [4.78, 5) is 2.49. The average Bonchev–Trinajstić information content (AvgIpc) is 3.06. The lowest BCUT2D eigenvalue weighted by molar-refractivity contribution is 0.0156. The summed E-state index contributed by atoms with van der Waals surface area (Å²) in [5, 5.41) is 3.79. The van der Waals surface area contributed by atoms with E-state index in [1.165, 1.54) is 23.6 Å². The lowest BCUT2D eigenvalue weighted by atomic mass is 9.93. The molecule has 0 aliphatic heterocycles. The molecule has 30 heavy (non-hydrogen) atoms. The van der Waals surface area contributed by atoms with Crippen LogP contribution < -0.4 is 0 Å². The number of hydrogen-bond donors (Lipinski definition) is 0. The molecule has 1 aliphatic carbocycles. The van der Waals surface area contributed by atoms with Crippen LogP contribution in [0, 0.1) is 13.8 Å². The van der Waals surface area contributed by atoms with Crippen LogP contribution in [0.25, 0.3) is 0 Å². The maximum Gasteiger partial charge on any atom is 0.248 e. The van der Waals surface area contributed by atoms with Gasteiger partial charge in [-0.05, 0) is 66.0 Å². The SMILES string of the molecule is C=CCN(C)CCCCCCOC1CCC(N(C)S(=O)(=O)c2c(C)noc2C)CC1. The Morgan fingerprint density at radius 1 is 1.13 bits per heavy atom. The maximum atomic E-state index is 13.0. The summed E-state index contributed by atoms with van der Waals surface area (Å²) in [7, 11) is 0.203. The van der Waals surface area contributed by atoms with E-state index in [2.05, 4.69) is 23.7 Å². The molecule has 0 amide bonds. The number of ether oxygens (including phenoxy) is 1. The molecule has 0 bridgehead atoms. The Hall–Kier alpha value is -1.22. The van der Waals surface area contributed by atoms with Gasteiger partial charge in [-0.2, -0.15) is 4.31 Å². The van der Waals surface area contributed by atoms with Crippen LogP contribution in [0.2, 0.25) is 0 Å². The minimum Gasteiger partial charge on any atom is -0.378 e. The van der Waals surface area contributed by atoms with Crippen LogP contribution in [0.3, 0.4) is 0 Å². The lowest BCUT2D eigenvalue weighted by Gasteiger charge is -2.33. The van der Waals surface area contributed by atoms with Crippen LogP contribution >= 0.6 is 0 Å². The van der Waals surface area contributed by atoms with Crippen LogP contribution in [0.5, 0.6) is 0 Å². The molecule has 1 aromatic rings. The van der Waals surface area contributed by atoms with Crippen LogP contribution in [0.1, 0.15) is 62.8 Å². The van der Waals surface area contributed by atoms with Gasteiger partial charge in [0.2, 0.25) is 10.0 Å². The second kappa shape index (κ2) is 12.0. The molecule has 0 unspecified atom stereocenters. The summed E-state index contributed by atoms with van der Waals surface area (Å²) in [5.74, 6) is 0.351. The highest BCUT2D eigenvalue weighted by atomic mass is 32.2. The number of likely N-dealkylation sites (N-methyl/N-ethyl adjacent to an activating group) is 1. The second-order valence-electron chi connectivity index (χ2n) is 8.44. The quantitative estimate of drug-likeness (QED) is 0.341. The maximum absolute atomic E-state index is 13.0. The van der Waals surface area contributed by atoms with Crippen LogP contribution in [-0.4, -0.2) is 68.7 Å². The van der Waals surface area contributed by atoms with E-state index in [9.17, 15) is 8.42 Å². The lowest BCUT2D eigenvalue weighted by Crippen LogP contribution is -2.41. The van der Waals surface area contributed by atoms with E-state index in [1.807, 2.05) is 6.08 Å². The predicted octanol–water partition coefficient (Wildman–Crippen LogP) is 3.92. The smallest absolute Gasteiger partial charge is 0.248 e. The Kier molecular flexibility index (Phi) is 10.0. The predicted molar refractivity (Wildman–Crippen MR) is 119 cm³/mol. The van der Waals surface area contributed by atoms with Crippen LogP contribution in [0.4, 0.5) is 0 Å². The van der Waals surface area contributed by atoms with Crippen molar-refractivity contribution in [2.24, 2.45) is 0 Å². The van der Waals surface area contributed by atoms with E-state index in [1.54, 1.807) is 20.9 Å². The van der Waals surface area contributed by atoms with Crippen LogP contribution in [-0.2, 0) is 14.8 Å². The number of hydrogen-bond acceptors (Lipinski definition) is 6. The molecular weight excluding hydrogens is 402 g/mol. The van der Waals surface area contributed by atoms with Crippen molar-refractivity contribution in [3.05, 3.63) is 24.1 Å². The Balaban J connectivity index is 1.66. The molecule has 0 N–H and O–H groups in total. The number of aromatic nitrogens is 1. The van der Waals surface area contributed by atoms with Crippen molar-refractivity contribution in [2.75, 3.05) is 33.8 Å². The highest BCUT2D eigenvalue weighted by Gasteiger charge is 2.35. The third kappa shape index (κ3) is 6.90. The van der Waals surface area contributed by atoms with Gasteiger partial charge < -0.3 is 14.2 Å². The van der Waals surface area contributed by atoms with E-state index >= 15 is 0 Å². The van der Waals surface area contributed by atoms with Gasteiger partial charge in [0.25, 0.3) is 0 Å². The van der Waals surface area contributed by atoms with Gasteiger partial charge in [0, 0.05) is 26.2 Å². The first kappa shape index (κ1) is 25.0. The van der Waals surface area contributed by atoms with Gasteiger partial charge in [0.05, 0.1) is 6.10 Å². The molecule has 1 heterocycles. The number of nitrogens with zero attached hydrogens (tertiary/aromatic N) is 3. The topological polar surface area (TPSA) is 75.9 Å². The van der Waals surface area contributed by atoms with E-state index < -0.39 is 10.0 Å². The fourth-order valence-corrected chi connectivity index (χ4v) is 5.86. The molecule has 8 heteroatoms. The molecular formula is C22H39N3O4S. The van der Waals surface area contributed by atoms with Gasteiger partial charge in [-0.15, -0.1) is 6.58 Å². The number of rotatable bonds is 13. The fraction of sp³-hybridized carbons (Fsp3) is 0.773. The van der Waals surface area contributed by atoms with Crippen molar-refractivity contribution in [1.82, 2.24) is 14.4 Å². The van der Waals surface area contributed by atoms with Crippen molar-refractivity contribution < 1.29 is 17.7 Å². The largest absolute Gasteiger partial charge is 0.378 e. The van der Waals surface area contributed by atoms with Gasteiger partial charge in [-0.1, -0.05) is 24.1 Å². The molecule has 0 spiro atoms. The summed E-state index contributed by atoms with van der Waals surface area (Å²) in [5.41, 5.74) is 0.420. The van der Waals surface area contributed by atoms with Gasteiger partial charge >= 0.3 is 0 Å². The molecule has 1 aromatic heterocycles. The third-order valence-electron chi connectivity index (χ3n) is 5.99. The normalized spacial score (nSPS) is 20.2. The Morgan fingerprint density at radius 3 is 2.40 bits per heavy atom. The minimum atomic E-state index is -3.59. The zero-order chi connectivity index (χ0) is 22.1. The standard InChI is InChI=1S/C22H39N3O4S/c1-6-15-24(4)16-9-7-8-10-17-28-21-13-11-20(12-14-21)25(5)30(26,27)22-18(2)23-29-19(22)3/h6,20-21H,1,7-17H2,2-5H3. The zero-order valence-electron chi connectivity index (χ0n) is 19.1. The summed E-state index contributed by atoms with van der Waals surface area (Å²) in [6, 6.07) is -0.00361. The van der Waals surface area contributed by atoms with Crippen molar-refractivity contribution in [2.45, 2.75) is 82.3 Å². The van der Waals surface area contributed by atoms with E-state index in [-0.39, 0.29) is 17.0 Å². The molecule has 0 radical (unpaired) electrons. The van der Waals surface area contributed by atoms with E-state index in [0.29, 0.717) is 11.5 Å². The molecule has 0 atom stereocenters. The second-order valence-corrected chi connectivity index (χ2v) is 10.4. The van der Waals surface area contributed by atoms with Crippen molar-refractivity contribution >= 4 is 10.0 Å². The molecule has 0 aromatic carbocycles. The first-order valence-corrected chi connectivity index (χ1v) is 12.5. The minimum absolute atomic E-state index is 0.00361. The van der Waals surface area contributed by atoms with E-state index in [0.717, 1.165) is 51.8 Å². The van der Waals surface area contributed by atoms with Crippen LogP contribution in [0.15, 0.2) is 22.1 Å². The summed E-state index contributed by atoms with van der Waals surface area (Å²) >= 11 is 0. The molecule has 172 valence electrons. The molecule has 1 aliphatic rings. The van der Waals surface area contributed by atoms with Gasteiger partial charge in [-0.3, -0.25) is 0 Å². The monoisotopic (exact) mass is 441 g/mol. The molecule has 1 fully saturated rings. The molecule has 0 saturated heterocycles.